The van der Waals surface area contributed by atoms with E-state index in [1.807, 2.05) is 19.2 Å². The number of anilines is 1. The normalized spacial score (nSPS) is 12.4. The average molecular weight is 327 g/mol. The molecule has 1 atom stereocenters. The zero-order valence-electron chi connectivity index (χ0n) is 10.3. The van der Waals surface area contributed by atoms with Crippen LogP contribution in [0.25, 0.3) is 0 Å². The minimum atomic E-state index is -0.516. The Labute approximate surface area is 119 Å². The van der Waals surface area contributed by atoms with Gasteiger partial charge in [-0.2, -0.15) is 0 Å². The second-order valence-corrected chi connectivity index (χ2v) is 6.52. The van der Waals surface area contributed by atoms with Crippen molar-refractivity contribution >= 4 is 33.0 Å². The molecule has 0 saturated carbocycles. The van der Waals surface area contributed by atoms with E-state index in [0.29, 0.717) is 5.69 Å². The lowest BCUT2D eigenvalue weighted by atomic mass is 10.2. The summed E-state index contributed by atoms with van der Waals surface area (Å²) in [6.45, 7) is 2.56. The average Bonchev–Trinajstić information content (AvgIpc) is 2.75. The van der Waals surface area contributed by atoms with E-state index in [2.05, 4.69) is 37.3 Å². The summed E-state index contributed by atoms with van der Waals surface area (Å²) in [5, 5.41) is 11.5. The summed E-state index contributed by atoms with van der Waals surface area (Å²) in [5.41, 5.74) is 3.01. The number of thiophene rings is 1. The SMILES string of the molecule is CC(O)c1ccc(N(C)Cc2csc(Br)c2)cn1. The largest absolute Gasteiger partial charge is 0.387 e. The van der Waals surface area contributed by atoms with E-state index >= 15 is 0 Å². The van der Waals surface area contributed by atoms with Crippen LogP contribution >= 0.6 is 27.3 Å². The molecule has 0 radical (unpaired) electrons. The van der Waals surface area contributed by atoms with Gasteiger partial charge in [0.2, 0.25) is 0 Å². The second kappa shape index (κ2) is 5.82. The van der Waals surface area contributed by atoms with Crippen LogP contribution in [0.5, 0.6) is 0 Å². The molecule has 0 aromatic carbocycles. The highest BCUT2D eigenvalue weighted by atomic mass is 79.9. The molecule has 2 aromatic heterocycles. The van der Waals surface area contributed by atoms with Crippen molar-refractivity contribution in [2.45, 2.75) is 19.6 Å². The van der Waals surface area contributed by atoms with Crippen LogP contribution in [0.2, 0.25) is 0 Å². The first-order valence-electron chi connectivity index (χ1n) is 5.64. The van der Waals surface area contributed by atoms with Crippen molar-refractivity contribution < 1.29 is 5.11 Å². The Morgan fingerprint density at radius 3 is 2.78 bits per heavy atom. The zero-order valence-corrected chi connectivity index (χ0v) is 12.7. The zero-order chi connectivity index (χ0) is 13.1. The molecule has 18 heavy (non-hydrogen) atoms. The van der Waals surface area contributed by atoms with Crippen LogP contribution in [0.4, 0.5) is 5.69 Å². The Morgan fingerprint density at radius 2 is 2.28 bits per heavy atom. The Kier molecular flexibility index (Phi) is 4.37. The number of rotatable bonds is 4. The number of aliphatic hydroxyl groups excluding tert-OH is 1. The summed E-state index contributed by atoms with van der Waals surface area (Å²) >= 11 is 5.15. The summed E-state index contributed by atoms with van der Waals surface area (Å²) in [6, 6.07) is 5.97. The molecule has 1 unspecified atom stereocenters. The molecule has 2 aromatic rings. The van der Waals surface area contributed by atoms with Crippen molar-refractivity contribution in [1.82, 2.24) is 4.98 Å². The van der Waals surface area contributed by atoms with E-state index in [1.165, 1.54) is 5.56 Å². The van der Waals surface area contributed by atoms with Crippen molar-refractivity contribution in [3.05, 3.63) is 44.8 Å². The predicted molar refractivity (Wildman–Crippen MR) is 79.0 cm³/mol. The number of hydrogen-bond donors (Lipinski definition) is 1. The molecule has 0 bridgehead atoms. The summed E-state index contributed by atoms with van der Waals surface area (Å²) < 4.78 is 1.15. The lowest BCUT2D eigenvalue weighted by Crippen LogP contribution is -2.16. The molecule has 0 aliphatic carbocycles. The number of nitrogens with zero attached hydrogens (tertiary/aromatic N) is 2. The fourth-order valence-electron chi connectivity index (χ4n) is 1.66. The third kappa shape index (κ3) is 3.31. The number of hydrogen-bond acceptors (Lipinski definition) is 4. The van der Waals surface area contributed by atoms with Crippen molar-refractivity contribution in [3.8, 4) is 0 Å². The molecule has 0 fully saturated rings. The van der Waals surface area contributed by atoms with Crippen LogP contribution in [0.1, 0.15) is 24.3 Å². The van der Waals surface area contributed by atoms with Crippen LogP contribution in [-0.2, 0) is 6.54 Å². The van der Waals surface area contributed by atoms with Gasteiger partial charge in [0.25, 0.3) is 0 Å². The Bertz CT molecular complexity index is 510. The maximum Gasteiger partial charge on any atom is 0.0931 e. The second-order valence-electron chi connectivity index (χ2n) is 4.23. The summed E-state index contributed by atoms with van der Waals surface area (Å²) in [5.74, 6) is 0. The topological polar surface area (TPSA) is 36.4 Å². The maximum atomic E-state index is 9.41. The van der Waals surface area contributed by atoms with Gasteiger partial charge in [0.15, 0.2) is 0 Å². The molecule has 2 rings (SSSR count). The minimum Gasteiger partial charge on any atom is -0.387 e. The van der Waals surface area contributed by atoms with Gasteiger partial charge in [-0.25, -0.2) is 0 Å². The number of pyridine rings is 1. The van der Waals surface area contributed by atoms with E-state index in [-0.39, 0.29) is 0 Å². The monoisotopic (exact) mass is 326 g/mol. The van der Waals surface area contributed by atoms with E-state index in [9.17, 15) is 5.11 Å². The van der Waals surface area contributed by atoms with Gasteiger partial charge in [-0.05, 0) is 52.0 Å². The van der Waals surface area contributed by atoms with Crippen LogP contribution in [0, 0.1) is 0 Å². The van der Waals surface area contributed by atoms with Crippen molar-refractivity contribution in [3.63, 3.8) is 0 Å². The van der Waals surface area contributed by atoms with Crippen molar-refractivity contribution in [2.24, 2.45) is 0 Å². The number of aliphatic hydroxyl groups is 1. The van der Waals surface area contributed by atoms with Crippen LogP contribution in [0.3, 0.4) is 0 Å². The smallest absolute Gasteiger partial charge is 0.0931 e. The van der Waals surface area contributed by atoms with E-state index in [4.69, 9.17) is 0 Å². The summed E-state index contributed by atoms with van der Waals surface area (Å²) in [4.78, 5) is 6.38. The number of aromatic nitrogens is 1. The van der Waals surface area contributed by atoms with E-state index in [1.54, 1.807) is 24.5 Å². The van der Waals surface area contributed by atoms with Crippen LogP contribution < -0.4 is 4.90 Å². The molecule has 0 saturated heterocycles. The maximum absolute atomic E-state index is 9.41. The molecule has 0 aliphatic rings. The lowest BCUT2D eigenvalue weighted by Gasteiger charge is -2.18. The van der Waals surface area contributed by atoms with Gasteiger partial charge < -0.3 is 10.0 Å². The molecule has 1 N–H and O–H groups in total. The first-order chi connectivity index (χ1) is 8.56. The predicted octanol–water partition coefficient (Wildman–Crippen LogP) is 3.60. The van der Waals surface area contributed by atoms with Crippen molar-refractivity contribution in [1.29, 1.82) is 0 Å². The fourth-order valence-corrected chi connectivity index (χ4v) is 2.86. The third-order valence-corrected chi connectivity index (χ3v) is 4.23. The Balaban J connectivity index is 2.06. The van der Waals surface area contributed by atoms with Gasteiger partial charge in [0, 0.05) is 13.6 Å². The van der Waals surface area contributed by atoms with Crippen LogP contribution in [-0.4, -0.2) is 17.1 Å². The number of halogens is 1. The molecule has 0 amide bonds. The molecule has 0 aliphatic heterocycles. The van der Waals surface area contributed by atoms with Crippen molar-refractivity contribution in [2.75, 3.05) is 11.9 Å². The van der Waals surface area contributed by atoms with Gasteiger partial charge in [-0.3, -0.25) is 4.98 Å². The quantitative estimate of drug-likeness (QED) is 0.932. The van der Waals surface area contributed by atoms with Gasteiger partial charge in [0.1, 0.15) is 0 Å². The van der Waals surface area contributed by atoms with Gasteiger partial charge in [0.05, 0.1) is 27.5 Å². The van der Waals surface area contributed by atoms with Gasteiger partial charge >= 0.3 is 0 Å². The molecule has 3 nitrogen and oxygen atoms in total. The molecule has 96 valence electrons. The fraction of sp³-hybridized carbons (Fsp3) is 0.308. The molecular weight excluding hydrogens is 312 g/mol. The van der Waals surface area contributed by atoms with E-state index < -0.39 is 6.10 Å². The first-order valence-corrected chi connectivity index (χ1v) is 7.31. The molecule has 2 heterocycles. The Hall–Kier alpha value is -0.910. The highest BCUT2D eigenvalue weighted by molar-refractivity contribution is 9.11. The van der Waals surface area contributed by atoms with Crippen LogP contribution in [0.15, 0.2) is 33.6 Å². The molecule has 0 spiro atoms. The standard InChI is InChI=1S/C13H15BrN2OS/c1-9(17)12-4-3-11(6-15-12)16(2)7-10-5-13(14)18-8-10/h3-6,8-9,17H,7H2,1-2H3. The van der Waals surface area contributed by atoms with Gasteiger partial charge in [-0.1, -0.05) is 0 Å². The molecular formula is C13H15BrN2OS. The first kappa shape index (κ1) is 13.5. The lowest BCUT2D eigenvalue weighted by molar-refractivity contribution is 0.194. The minimum absolute atomic E-state index is 0.516. The summed E-state index contributed by atoms with van der Waals surface area (Å²) in [7, 11) is 2.03. The third-order valence-electron chi connectivity index (χ3n) is 2.68. The van der Waals surface area contributed by atoms with E-state index in [0.717, 1.165) is 16.0 Å². The Morgan fingerprint density at radius 1 is 1.50 bits per heavy atom. The van der Waals surface area contributed by atoms with Gasteiger partial charge in [-0.15, -0.1) is 11.3 Å². The highest BCUT2D eigenvalue weighted by Gasteiger charge is 2.06. The molecule has 5 heteroatoms. The highest BCUT2D eigenvalue weighted by Crippen LogP contribution is 2.23. The summed E-state index contributed by atoms with van der Waals surface area (Å²) in [6.07, 6.45) is 1.28.